The monoisotopic (exact) mass is 498 g/mol. The van der Waals surface area contributed by atoms with Gasteiger partial charge < -0.3 is 4.57 Å². The Morgan fingerprint density at radius 3 is 2.37 bits per heavy atom. The zero-order valence-electron chi connectivity index (χ0n) is 15.4. The van der Waals surface area contributed by atoms with Gasteiger partial charge in [-0.2, -0.15) is 0 Å². The van der Waals surface area contributed by atoms with Crippen LogP contribution in [0.1, 0.15) is 5.56 Å². The second-order valence-electron chi connectivity index (χ2n) is 6.27. The summed E-state index contributed by atoms with van der Waals surface area (Å²) in [5, 5.41) is 3.53. The van der Waals surface area contributed by atoms with Gasteiger partial charge in [-0.3, -0.25) is 0 Å². The summed E-state index contributed by atoms with van der Waals surface area (Å²) in [5.74, 6) is -0.300. The van der Waals surface area contributed by atoms with Crippen LogP contribution in [0.2, 0.25) is 15.1 Å². The molecule has 0 radical (unpaired) electrons. The van der Waals surface area contributed by atoms with Crippen molar-refractivity contribution in [1.29, 1.82) is 0 Å². The number of hydrogen-bond acceptors (Lipinski definition) is 2. The van der Waals surface area contributed by atoms with Crippen LogP contribution < -0.4 is 4.80 Å². The Hall–Kier alpha value is -1.82. The summed E-state index contributed by atoms with van der Waals surface area (Å²) < 4.78 is 16.5. The standard InChI is InChI=1S/C22H14Cl3FN2S.ClH/c23-15-10-9-14(18(25)11-15)12-28-21(16-5-1-3-7-19(16)26)13-29-22(28)27-20-8-4-2-6-17(20)24;/h1-11,13H,12H2;1H. The summed E-state index contributed by atoms with van der Waals surface area (Å²) in [7, 11) is 0. The molecule has 0 spiro atoms. The zero-order chi connectivity index (χ0) is 20.4. The van der Waals surface area contributed by atoms with E-state index in [1.807, 2.05) is 34.2 Å². The zero-order valence-corrected chi connectivity index (χ0v) is 19.3. The molecule has 0 fully saturated rings. The molecular formula is C22H15Cl4FN2S. The van der Waals surface area contributed by atoms with Crippen LogP contribution in [0.3, 0.4) is 0 Å². The van der Waals surface area contributed by atoms with Crippen LogP contribution in [0.4, 0.5) is 10.1 Å². The van der Waals surface area contributed by atoms with Gasteiger partial charge in [0.05, 0.1) is 22.9 Å². The van der Waals surface area contributed by atoms with Gasteiger partial charge in [0.1, 0.15) is 5.82 Å². The molecule has 0 bridgehead atoms. The summed E-state index contributed by atoms with van der Waals surface area (Å²) in [4.78, 5) is 5.40. The van der Waals surface area contributed by atoms with Crippen LogP contribution in [0, 0.1) is 5.82 Å². The average Bonchev–Trinajstić information content (AvgIpc) is 3.08. The number of rotatable bonds is 4. The lowest BCUT2D eigenvalue weighted by molar-refractivity contribution is 0.628. The van der Waals surface area contributed by atoms with Crippen molar-refractivity contribution in [3.8, 4) is 11.3 Å². The van der Waals surface area contributed by atoms with E-state index in [1.165, 1.54) is 17.4 Å². The first-order valence-corrected chi connectivity index (χ1v) is 10.7. The van der Waals surface area contributed by atoms with Gasteiger partial charge in [-0.15, -0.1) is 23.7 Å². The third-order valence-electron chi connectivity index (χ3n) is 4.36. The molecule has 0 atom stereocenters. The number of halogens is 5. The minimum absolute atomic E-state index is 0. The second kappa shape index (κ2) is 9.99. The van der Waals surface area contributed by atoms with Crippen LogP contribution in [0.25, 0.3) is 11.3 Å². The van der Waals surface area contributed by atoms with Crippen molar-refractivity contribution in [2.24, 2.45) is 4.99 Å². The minimum atomic E-state index is -0.300. The fourth-order valence-corrected chi connectivity index (χ4v) is 4.48. The van der Waals surface area contributed by atoms with Crippen molar-refractivity contribution >= 4 is 64.2 Å². The highest BCUT2D eigenvalue weighted by molar-refractivity contribution is 7.07. The fourth-order valence-electron chi connectivity index (χ4n) is 2.92. The van der Waals surface area contributed by atoms with Crippen molar-refractivity contribution < 1.29 is 4.39 Å². The van der Waals surface area contributed by atoms with Crippen molar-refractivity contribution in [3.05, 3.63) is 103 Å². The summed E-state index contributed by atoms with van der Waals surface area (Å²) in [6.07, 6.45) is 0. The smallest absolute Gasteiger partial charge is 0.190 e. The number of para-hydroxylation sites is 1. The molecule has 2 nitrogen and oxygen atoms in total. The van der Waals surface area contributed by atoms with Crippen LogP contribution in [0.15, 0.2) is 77.1 Å². The summed E-state index contributed by atoms with van der Waals surface area (Å²) in [5.41, 5.74) is 2.71. The SMILES string of the molecule is Cl.Fc1ccccc1-c1csc(=Nc2ccccc2Cl)n1Cc1ccc(Cl)cc1Cl. The van der Waals surface area contributed by atoms with E-state index in [9.17, 15) is 4.39 Å². The molecule has 0 amide bonds. The lowest BCUT2D eigenvalue weighted by atomic mass is 10.1. The van der Waals surface area contributed by atoms with E-state index in [2.05, 4.69) is 0 Å². The first-order chi connectivity index (χ1) is 14.0. The second-order valence-corrected chi connectivity index (χ2v) is 8.36. The van der Waals surface area contributed by atoms with Gasteiger partial charge in [-0.25, -0.2) is 9.38 Å². The number of thiazole rings is 1. The van der Waals surface area contributed by atoms with Gasteiger partial charge in [0.15, 0.2) is 4.80 Å². The molecule has 0 saturated carbocycles. The van der Waals surface area contributed by atoms with E-state index in [0.29, 0.717) is 43.4 Å². The maximum absolute atomic E-state index is 14.5. The van der Waals surface area contributed by atoms with Crippen molar-refractivity contribution in [3.63, 3.8) is 0 Å². The van der Waals surface area contributed by atoms with E-state index in [4.69, 9.17) is 39.8 Å². The number of benzene rings is 3. The van der Waals surface area contributed by atoms with Crippen molar-refractivity contribution in [2.45, 2.75) is 6.54 Å². The fraction of sp³-hybridized carbons (Fsp3) is 0.0455. The third-order valence-corrected chi connectivity index (χ3v) is 6.13. The first kappa shape index (κ1) is 22.9. The third kappa shape index (κ3) is 4.90. The van der Waals surface area contributed by atoms with E-state index in [0.717, 1.165) is 5.56 Å². The Labute approximate surface area is 198 Å². The van der Waals surface area contributed by atoms with Crippen LogP contribution in [0.5, 0.6) is 0 Å². The Kier molecular flexibility index (Phi) is 7.61. The molecule has 1 aromatic heterocycles. The molecule has 0 N–H and O–H groups in total. The summed E-state index contributed by atoms with van der Waals surface area (Å²) >= 11 is 20.1. The highest BCUT2D eigenvalue weighted by Crippen LogP contribution is 2.28. The predicted molar refractivity (Wildman–Crippen MR) is 127 cm³/mol. The first-order valence-electron chi connectivity index (χ1n) is 8.69. The quantitative estimate of drug-likeness (QED) is 0.270. The van der Waals surface area contributed by atoms with Gasteiger partial charge >= 0.3 is 0 Å². The maximum Gasteiger partial charge on any atom is 0.190 e. The Bertz CT molecular complexity index is 1250. The number of nitrogens with zero attached hydrogens (tertiary/aromatic N) is 2. The maximum atomic E-state index is 14.5. The topological polar surface area (TPSA) is 17.3 Å². The Morgan fingerprint density at radius 1 is 0.900 bits per heavy atom. The van der Waals surface area contributed by atoms with Crippen molar-refractivity contribution in [2.75, 3.05) is 0 Å². The molecule has 0 aliphatic rings. The molecule has 0 unspecified atom stereocenters. The highest BCUT2D eigenvalue weighted by Gasteiger charge is 2.14. The molecule has 4 aromatic rings. The lowest BCUT2D eigenvalue weighted by Gasteiger charge is -2.12. The van der Waals surface area contributed by atoms with Gasteiger partial charge in [-0.1, -0.05) is 65.1 Å². The Balaban J connectivity index is 0.00000256. The molecule has 0 saturated heterocycles. The molecule has 0 aliphatic carbocycles. The molecule has 3 aromatic carbocycles. The van der Waals surface area contributed by atoms with E-state index < -0.39 is 0 Å². The molecule has 30 heavy (non-hydrogen) atoms. The highest BCUT2D eigenvalue weighted by atomic mass is 35.5. The van der Waals surface area contributed by atoms with Crippen LogP contribution in [-0.4, -0.2) is 4.57 Å². The predicted octanol–water partition coefficient (Wildman–Crippen LogP) is 8.02. The average molecular weight is 500 g/mol. The lowest BCUT2D eigenvalue weighted by Crippen LogP contribution is -2.17. The van der Waals surface area contributed by atoms with E-state index in [-0.39, 0.29) is 18.2 Å². The largest absolute Gasteiger partial charge is 0.312 e. The number of aromatic nitrogens is 1. The van der Waals surface area contributed by atoms with Gasteiger partial charge in [0.25, 0.3) is 0 Å². The van der Waals surface area contributed by atoms with Crippen LogP contribution >= 0.6 is 58.5 Å². The molecule has 1 heterocycles. The minimum Gasteiger partial charge on any atom is -0.312 e. The van der Waals surface area contributed by atoms with Crippen molar-refractivity contribution in [1.82, 2.24) is 4.57 Å². The molecular weight excluding hydrogens is 485 g/mol. The molecule has 154 valence electrons. The van der Waals surface area contributed by atoms with E-state index >= 15 is 0 Å². The van der Waals surface area contributed by atoms with Crippen LogP contribution in [-0.2, 0) is 6.54 Å². The summed E-state index contributed by atoms with van der Waals surface area (Å²) in [6, 6.07) is 19.3. The molecule has 0 aliphatic heterocycles. The molecule has 8 heteroatoms. The normalized spacial score (nSPS) is 11.4. The number of hydrogen-bond donors (Lipinski definition) is 0. The van der Waals surface area contributed by atoms with Gasteiger partial charge in [-0.05, 0) is 42.0 Å². The molecule has 4 rings (SSSR count). The Morgan fingerprint density at radius 2 is 1.63 bits per heavy atom. The van der Waals surface area contributed by atoms with E-state index in [1.54, 1.807) is 36.4 Å². The van der Waals surface area contributed by atoms with Gasteiger partial charge in [0.2, 0.25) is 0 Å². The van der Waals surface area contributed by atoms with Gasteiger partial charge in [0, 0.05) is 21.0 Å². The summed E-state index contributed by atoms with van der Waals surface area (Å²) in [6.45, 7) is 0.409.